The van der Waals surface area contributed by atoms with Gasteiger partial charge >= 0.3 is 5.69 Å². The Bertz CT molecular complexity index is 1170. The van der Waals surface area contributed by atoms with Gasteiger partial charge in [0.1, 0.15) is 5.01 Å². The van der Waals surface area contributed by atoms with Gasteiger partial charge in [0.15, 0.2) is 0 Å². The third kappa shape index (κ3) is 3.50. The number of benzene rings is 2. The van der Waals surface area contributed by atoms with Gasteiger partial charge in [-0.15, -0.1) is 23.1 Å². The molecule has 0 saturated carbocycles. The topological polar surface area (TPSA) is 68.9 Å². The molecule has 27 heavy (non-hydrogen) atoms. The number of hydrogen-bond donors (Lipinski definition) is 1. The molecule has 138 valence electrons. The van der Waals surface area contributed by atoms with E-state index < -0.39 is 0 Å². The first-order chi connectivity index (χ1) is 13.0. The molecule has 0 aliphatic rings. The highest BCUT2D eigenvalue weighted by Crippen LogP contribution is 2.25. The number of para-hydroxylation sites is 1. The molecule has 2 aromatic carbocycles. The van der Waals surface area contributed by atoms with Gasteiger partial charge in [-0.05, 0) is 30.3 Å². The van der Waals surface area contributed by atoms with Crippen LogP contribution in [0.25, 0.3) is 21.3 Å². The van der Waals surface area contributed by atoms with Crippen LogP contribution < -0.4 is 11.0 Å². The number of rotatable bonds is 5. The van der Waals surface area contributed by atoms with E-state index in [1.807, 2.05) is 36.4 Å². The largest absolute Gasteiger partial charge is 0.328 e. The number of nitrogens with one attached hydrogen (secondary N) is 1. The molecule has 2 aromatic heterocycles. The number of imidazole rings is 1. The zero-order valence-corrected chi connectivity index (χ0v) is 16.6. The first-order valence-corrected chi connectivity index (χ1v) is 10.4. The minimum Gasteiger partial charge on any atom is -0.325 e. The molecule has 4 rings (SSSR count). The van der Waals surface area contributed by atoms with Crippen molar-refractivity contribution in [1.82, 2.24) is 14.1 Å². The second-order valence-corrected chi connectivity index (χ2v) is 8.32. The Morgan fingerprint density at radius 1 is 1.15 bits per heavy atom. The Labute approximate surface area is 163 Å². The van der Waals surface area contributed by atoms with Gasteiger partial charge in [-0.3, -0.25) is 13.9 Å². The van der Waals surface area contributed by atoms with E-state index in [0.29, 0.717) is 17.2 Å². The third-order valence-electron chi connectivity index (χ3n) is 4.35. The summed E-state index contributed by atoms with van der Waals surface area (Å²) in [6.07, 6.45) is 0. The lowest BCUT2D eigenvalue weighted by molar-refractivity contribution is -0.113. The number of nitrogens with zero attached hydrogens (tertiary/aromatic N) is 3. The molecule has 0 atom stereocenters. The molecule has 8 heteroatoms. The summed E-state index contributed by atoms with van der Waals surface area (Å²) >= 11 is 3.20. The van der Waals surface area contributed by atoms with Crippen LogP contribution in [0.15, 0.2) is 47.3 Å². The normalized spacial score (nSPS) is 11.3. The van der Waals surface area contributed by atoms with E-state index in [1.54, 1.807) is 34.6 Å². The van der Waals surface area contributed by atoms with Crippen LogP contribution in [0.5, 0.6) is 0 Å². The fourth-order valence-electron chi connectivity index (χ4n) is 2.99. The van der Waals surface area contributed by atoms with Gasteiger partial charge in [-0.1, -0.05) is 12.1 Å². The highest BCUT2D eigenvalue weighted by atomic mass is 32.2. The number of carbonyl (C=O) groups excluding carboxylic acids is 1. The summed E-state index contributed by atoms with van der Waals surface area (Å²) in [5.41, 5.74) is 3.24. The number of aryl methyl sites for hydroxylation is 2. The second-order valence-electron chi connectivity index (χ2n) is 6.22. The summed E-state index contributed by atoms with van der Waals surface area (Å²) in [4.78, 5) is 28.8. The molecule has 1 N–H and O–H groups in total. The van der Waals surface area contributed by atoms with E-state index in [-0.39, 0.29) is 11.6 Å². The number of fused-ring (bicyclic) bond motifs is 2. The van der Waals surface area contributed by atoms with E-state index in [4.69, 9.17) is 0 Å². The van der Waals surface area contributed by atoms with Crippen molar-refractivity contribution >= 4 is 55.9 Å². The summed E-state index contributed by atoms with van der Waals surface area (Å²) in [7, 11) is 3.46. The van der Waals surface area contributed by atoms with E-state index in [2.05, 4.69) is 16.4 Å². The number of thioether (sulfide) groups is 1. The Morgan fingerprint density at radius 2 is 1.93 bits per heavy atom. The monoisotopic (exact) mass is 398 g/mol. The third-order valence-corrected chi connectivity index (χ3v) is 6.52. The highest BCUT2D eigenvalue weighted by molar-refractivity contribution is 7.99. The lowest BCUT2D eigenvalue weighted by Gasteiger charge is -2.05. The van der Waals surface area contributed by atoms with Crippen molar-refractivity contribution in [2.75, 3.05) is 11.1 Å². The standard InChI is InChI=1S/C19H18N4O2S2/c1-22-14-8-7-12(9-15(14)23(2)19(22)25)20-17(24)10-26-11-18-21-13-5-3-4-6-16(13)27-18/h3-9H,10-11H2,1-2H3,(H,20,24). The summed E-state index contributed by atoms with van der Waals surface area (Å²) in [5.74, 6) is 0.988. The molecule has 0 unspecified atom stereocenters. The van der Waals surface area contributed by atoms with E-state index in [9.17, 15) is 9.59 Å². The average molecular weight is 399 g/mol. The molecule has 0 aliphatic heterocycles. The molecule has 2 heterocycles. The first kappa shape index (κ1) is 17.8. The number of aromatic nitrogens is 3. The number of hydrogen-bond acceptors (Lipinski definition) is 5. The van der Waals surface area contributed by atoms with Crippen molar-refractivity contribution in [3.8, 4) is 0 Å². The van der Waals surface area contributed by atoms with Crippen molar-refractivity contribution < 1.29 is 4.79 Å². The van der Waals surface area contributed by atoms with Crippen LogP contribution in [0.4, 0.5) is 5.69 Å². The summed E-state index contributed by atoms with van der Waals surface area (Å²) in [6.45, 7) is 0. The van der Waals surface area contributed by atoms with Gasteiger partial charge < -0.3 is 5.32 Å². The number of amides is 1. The molecule has 0 fully saturated rings. The SMILES string of the molecule is Cn1c(=O)n(C)c2cc(NC(=O)CSCc3nc4ccccc4s3)ccc21. The van der Waals surface area contributed by atoms with Gasteiger partial charge in [0, 0.05) is 25.5 Å². The Balaban J connectivity index is 1.38. The lowest BCUT2D eigenvalue weighted by Crippen LogP contribution is -2.19. The van der Waals surface area contributed by atoms with E-state index in [0.717, 1.165) is 21.6 Å². The van der Waals surface area contributed by atoms with Crippen LogP contribution in [-0.2, 0) is 24.6 Å². The maximum Gasteiger partial charge on any atom is 0.328 e. The van der Waals surface area contributed by atoms with Gasteiger partial charge in [0.25, 0.3) is 0 Å². The lowest BCUT2D eigenvalue weighted by atomic mass is 10.2. The Kier molecular flexibility index (Phi) is 4.75. The molecule has 0 spiro atoms. The second kappa shape index (κ2) is 7.21. The number of thiazole rings is 1. The quantitative estimate of drug-likeness (QED) is 0.560. The van der Waals surface area contributed by atoms with Crippen molar-refractivity contribution in [1.29, 1.82) is 0 Å². The van der Waals surface area contributed by atoms with Crippen molar-refractivity contribution in [3.05, 3.63) is 58.0 Å². The maximum atomic E-state index is 12.2. The zero-order valence-electron chi connectivity index (χ0n) is 14.9. The number of anilines is 1. The fraction of sp³-hybridized carbons (Fsp3) is 0.211. The van der Waals surface area contributed by atoms with E-state index in [1.165, 1.54) is 16.5 Å². The first-order valence-electron chi connectivity index (χ1n) is 8.40. The minimum absolute atomic E-state index is 0.0682. The Hall–Kier alpha value is -2.58. The minimum atomic E-state index is -0.0835. The highest BCUT2D eigenvalue weighted by Gasteiger charge is 2.10. The Morgan fingerprint density at radius 3 is 2.74 bits per heavy atom. The van der Waals surface area contributed by atoms with Crippen molar-refractivity contribution in [2.45, 2.75) is 5.75 Å². The van der Waals surface area contributed by atoms with Gasteiger partial charge in [-0.25, -0.2) is 9.78 Å². The predicted molar refractivity (Wildman–Crippen MR) is 113 cm³/mol. The molecule has 4 aromatic rings. The van der Waals surface area contributed by atoms with Crippen molar-refractivity contribution in [2.24, 2.45) is 14.1 Å². The van der Waals surface area contributed by atoms with Crippen LogP contribution in [0.1, 0.15) is 5.01 Å². The van der Waals surface area contributed by atoms with Gasteiger partial charge in [0.2, 0.25) is 5.91 Å². The van der Waals surface area contributed by atoms with Gasteiger partial charge in [-0.2, -0.15) is 0 Å². The smallest absolute Gasteiger partial charge is 0.325 e. The van der Waals surface area contributed by atoms with E-state index >= 15 is 0 Å². The average Bonchev–Trinajstić information content (AvgIpc) is 3.17. The molecule has 0 radical (unpaired) electrons. The van der Waals surface area contributed by atoms with Crippen LogP contribution in [0.3, 0.4) is 0 Å². The summed E-state index contributed by atoms with van der Waals surface area (Å²) < 4.78 is 4.33. The van der Waals surface area contributed by atoms with Crippen LogP contribution >= 0.6 is 23.1 Å². The van der Waals surface area contributed by atoms with Crippen LogP contribution in [0, 0.1) is 0 Å². The molecule has 0 bridgehead atoms. The zero-order chi connectivity index (χ0) is 19.0. The van der Waals surface area contributed by atoms with Crippen LogP contribution in [-0.4, -0.2) is 25.8 Å². The van der Waals surface area contributed by atoms with Crippen molar-refractivity contribution in [3.63, 3.8) is 0 Å². The summed E-state index contributed by atoms with van der Waals surface area (Å²) in [5, 5.41) is 3.92. The molecular formula is C19H18N4O2S2. The molecule has 1 amide bonds. The predicted octanol–water partition coefficient (Wildman–Crippen LogP) is 3.36. The maximum absolute atomic E-state index is 12.2. The fourth-order valence-corrected chi connectivity index (χ4v) is 4.84. The van der Waals surface area contributed by atoms with Crippen LogP contribution in [0.2, 0.25) is 0 Å². The molecular weight excluding hydrogens is 380 g/mol. The number of carbonyl (C=O) groups is 1. The molecule has 0 saturated heterocycles. The molecule has 0 aliphatic carbocycles. The van der Waals surface area contributed by atoms with Gasteiger partial charge in [0.05, 0.1) is 27.0 Å². The molecule has 6 nitrogen and oxygen atoms in total. The summed E-state index contributed by atoms with van der Waals surface area (Å²) in [6, 6.07) is 13.5.